The summed E-state index contributed by atoms with van der Waals surface area (Å²) in [5, 5.41) is 2.81. The zero-order valence-electron chi connectivity index (χ0n) is 15.6. The summed E-state index contributed by atoms with van der Waals surface area (Å²) in [5.41, 5.74) is 0. The van der Waals surface area contributed by atoms with E-state index in [0.717, 1.165) is 6.42 Å². The quantitative estimate of drug-likeness (QED) is 0.559. The Morgan fingerprint density at radius 3 is 1.96 bits per heavy atom. The van der Waals surface area contributed by atoms with E-state index in [-0.39, 0.29) is 16.4 Å². The average molecular weight is 387 g/mol. The molecular formula is C21H26O3SSi. The van der Waals surface area contributed by atoms with Crippen LogP contribution in [0.1, 0.15) is 27.2 Å². The highest BCUT2D eigenvalue weighted by Gasteiger charge is 2.50. The topological polar surface area (TPSA) is 27.7 Å². The van der Waals surface area contributed by atoms with Crippen molar-refractivity contribution in [3.05, 3.63) is 60.7 Å². The fraction of sp³-hybridized carbons (Fsp3) is 0.381. The lowest BCUT2D eigenvalue weighted by molar-refractivity contribution is 0.176. The first-order valence-electron chi connectivity index (χ1n) is 9.02. The standard InChI is InChI=1S/C21H26O3SSi/c1-21(2,3)26(18-10-6-4-7-11-18,19-12-8-5-9-13-19)23-15-14-17-16-22-20(25)24-17/h4-13,17H,14-16H2,1-3H3. The molecule has 26 heavy (non-hydrogen) atoms. The predicted octanol–water partition coefficient (Wildman–Crippen LogP) is 3.65. The molecule has 0 spiro atoms. The van der Waals surface area contributed by atoms with Crippen LogP contribution in [-0.2, 0) is 13.9 Å². The van der Waals surface area contributed by atoms with Crippen LogP contribution in [-0.4, -0.2) is 32.9 Å². The Labute approximate surface area is 162 Å². The van der Waals surface area contributed by atoms with E-state index in [9.17, 15) is 0 Å². The van der Waals surface area contributed by atoms with Crippen LogP contribution < -0.4 is 10.4 Å². The minimum Gasteiger partial charge on any atom is -0.453 e. The van der Waals surface area contributed by atoms with Crippen LogP contribution in [0.4, 0.5) is 0 Å². The monoisotopic (exact) mass is 386 g/mol. The molecule has 1 aliphatic heterocycles. The molecule has 5 heteroatoms. The van der Waals surface area contributed by atoms with Gasteiger partial charge in [-0.2, -0.15) is 0 Å². The highest BCUT2D eigenvalue weighted by Crippen LogP contribution is 2.36. The van der Waals surface area contributed by atoms with Crippen molar-refractivity contribution in [3.63, 3.8) is 0 Å². The van der Waals surface area contributed by atoms with E-state index in [1.54, 1.807) is 0 Å². The van der Waals surface area contributed by atoms with Gasteiger partial charge in [0, 0.05) is 25.2 Å². The number of rotatable bonds is 6. The molecule has 3 nitrogen and oxygen atoms in total. The molecule has 0 aromatic heterocycles. The third kappa shape index (κ3) is 3.85. The van der Waals surface area contributed by atoms with Crippen LogP contribution in [0.2, 0.25) is 5.04 Å². The van der Waals surface area contributed by atoms with Crippen molar-refractivity contribution in [2.24, 2.45) is 0 Å². The first-order valence-corrected chi connectivity index (χ1v) is 11.3. The minimum absolute atomic E-state index is 0.0132. The van der Waals surface area contributed by atoms with E-state index in [1.165, 1.54) is 10.4 Å². The molecule has 2 aromatic rings. The summed E-state index contributed by atoms with van der Waals surface area (Å²) in [7, 11) is -2.47. The van der Waals surface area contributed by atoms with Gasteiger partial charge in [-0.25, -0.2) is 0 Å². The van der Waals surface area contributed by atoms with E-state index in [2.05, 4.69) is 81.4 Å². The zero-order chi connectivity index (χ0) is 18.6. The van der Waals surface area contributed by atoms with E-state index >= 15 is 0 Å². The maximum atomic E-state index is 6.82. The summed E-state index contributed by atoms with van der Waals surface area (Å²) in [4.78, 5) is 0. The second kappa shape index (κ2) is 7.90. The second-order valence-corrected chi connectivity index (χ2v) is 12.2. The van der Waals surface area contributed by atoms with Crippen LogP contribution in [0.3, 0.4) is 0 Å². The Bertz CT molecular complexity index is 688. The molecule has 1 fully saturated rings. The summed E-state index contributed by atoms with van der Waals surface area (Å²) in [5.74, 6) is 0. The highest BCUT2D eigenvalue weighted by molar-refractivity contribution is 7.79. The molecule has 138 valence electrons. The molecule has 0 amide bonds. The molecule has 0 N–H and O–H groups in total. The SMILES string of the molecule is CC(C)(C)[Si](OCCC1COC(=S)O1)(c1ccccc1)c1ccccc1. The number of benzene rings is 2. The first-order chi connectivity index (χ1) is 12.4. The van der Waals surface area contributed by atoms with Crippen molar-refractivity contribution in [2.75, 3.05) is 13.2 Å². The van der Waals surface area contributed by atoms with Crippen molar-refractivity contribution < 1.29 is 13.9 Å². The third-order valence-corrected chi connectivity index (χ3v) is 10.1. The Morgan fingerprint density at radius 1 is 1.00 bits per heavy atom. The maximum Gasteiger partial charge on any atom is 0.352 e. The molecule has 0 bridgehead atoms. The summed E-state index contributed by atoms with van der Waals surface area (Å²) in [6.07, 6.45) is 0.755. The van der Waals surface area contributed by atoms with E-state index in [4.69, 9.17) is 26.1 Å². The lowest BCUT2D eigenvalue weighted by Crippen LogP contribution is -2.66. The van der Waals surface area contributed by atoms with E-state index < -0.39 is 8.32 Å². The number of hydrogen-bond donors (Lipinski definition) is 0. The van der Waals surface area contributed by atoms with Gasteiger partial charge in [-0.1, -0.05) is 81.4 Å². The molecule has 1 atom stereocenters. The molecule has 1 aliphatic rings. The number of thiocarbonyl (C=S) groups is 1. The fourth-order valence-electron chi connectivity index (χ4n) is 3.61. The van der Waals surface area contributed by atoms with Gasteiger partial charge in [0.2, 0.25) is 0 Å². The smallest absolute Gasteiger partial charge is 0.352 e. The predicted molar refractivity (Wildman–Crippen MR) is 112 cm³/mol. The van der Waals surface area contributed by atoms with Gasteiger partial charge in [0.25, 0.3) is 8.32 Å². The molecule has 3 rings (SSSR count). The fourth-order valence-corrected chi connectivity index (χ4v) is 8.40. The van der Waals surface area contributed by atoms with Crippen molar-refractivity contribution in [3.8, 4) is 0 Å². The van der Waals surface area contributed by atoms with Crippen molar-refractivity contribution in [1.29, 1.82) is 0 Å². The molecule has 2 aromatic carbocycles. The summed E-state index contributed by atoms with van der Waals surface area (Å²) >= 11 is 4.96. The molecule has 1 unspecified atom stereocenters. The molecule has 0 radical (unpaired) electrons. The van der Waals surface area contributed by atoms with Crippen molar-refractivity contribution >= 4 is 36.1 Å². The summed E-state index contributed by atoms with van der Waals surface area (Å²) in [6, 6.07) is 21.3. The Morgan fingerprint density at radius 2 is 1.54 bits per heavy atom. The lowest BCUT2D eigenvalue weighted by Gasteiger charge is -2.43. The van der Waals surface area contributed by atoms with Gasteiger partial charge in [0.15, 0.2) is 0 Å². The van der Waals surface area contributed by atoms with Gasteiger partial charge in [0.05, 0.1) is 0 Å². The van der Waals surface area contributed by atoms with Gasteiger partial charge in [0.1, 0.15) is 12.7 Å². The van der Waals surface area contributed by atoms with Gasteiger partial charge >= 0.3 is 5.24 Å². The maximum absolute atomic E-state index is 6.82. The van der Waals surface area contributed by atoms with E-state index in [1.807, 2.05) is 0 Å². The molecule has 1 heterocycles. The molecular weight excluding hydrogens is 360 g/mol. The Hall–Kier alpha value is -1.69. The number of ether oxygens (including phenoxy) is 2. The van der Waals surface area contributed by atoms with Crippen LogP contribution in [0.25, 0.3) is 0 Å². The zero-order valence-corrected chi connectivity index (χ0v) is 17.4. The second-order valence-electron chi connectivity index (χ2n) is 7.60. The van der Waals surface area contributed by atoms with Crippen LogP contribution in [0.15, 0.2) is 60.7 Å². The van der Waals surface area contributed by atoms with E-state index in [0.29, 0.717) is 13.2 Å². The number of hydrogen-bond acceptors (Lipinski definition) is 4. The average Bonchev–Trinajstić information content (AvgIpc) is 3.04. The van der Waals surface area contributed by atoms with Crippen LogP contribution in [0, 0.1) is 0 Å². The molecule has 1 saturated heterocycles. The Balaban J connectivity index is 1.93. The Kier molecular flexibility index (Phi) is 5.80. The van der Waals surface area contributed by atoms with Crippen molar-refractivity contribution in [2.45, 2.75) is 38.3 Å². The normalized spacial score (nSPS) is 17.7. The largest absolute Gasteiger partial charge is 0.453 e. The van der Waals surface area contributed by atoms with Gasteiger partial charge in [-0.15, -0.1) is 0 Å². The van der Waals surface area contributed by atoms with Crippen LogP contribution in [0.5, 0.6) is 0 Å². The van der Waals surface area contributed by atoms with Gasteiger partial charge in [-0.05, 0) is 15.4 Å². The van der Waals surface area contributed by atoms with Crippen LogP contribution >= 0.6 is 12.2 Å². The van der Waals surface area contributed by atoms with Gasteiger partial charge in [-0.3, -0.25) is 0 Å². The summed E-state index contributed by atoms with van der Waals surface area (Å²) < 4.78 is 17.6. The molecule has 0 saturated carbocycles. The first kappa shape index (κ1) is 19.1. The van der Waals surface area contributed by atoms with Crippen molar-refractivity contribution in [1.82, 2.24) is 0 Å². The minimum atomic E-state index is -2.47. The molecule has 0 aliphatic carbocycles. The lowest BCUT2D eigenvalue weighted by atomic mass is 10.2. The van der Waals surface area contributed by atoms with Gasteiger partial charge < -0.3 is 13.9 Å². The highest BCUT2D eigenvalue weighted by atomic mass is 32.1. The third-order valence-electron chi connectivity index (χ3n) is 4.83. The summed E-state index contributed by atoms with van der Waals surface area (Å²) in [6.45, 7) is 7.98.